The van der Waals surface area contributed by atoms with E-state index in [1.807, 2.05) is 12.1 Å². The predicted molar refractivity (Wildman–Crippen MR) is 76.3 cm³/mol. The summed E-state index contributed by atoms with van der Waals surface area (Å²) in [7, 11) is 1.55. The molecule has 0 unspecified atom stereocenters. The Hall–Kier alpha value is -1.62. The molecule has 5 heteroatoms. The van der Waals surface area contributed by atoms with Crippen molar-refractivity contribution in [3.8, 4) is 11.5 Å². The second kappa shape index (κ2) is 6.70. The summed E-state index contributed by atoms with van der Waals surface area (Å²) < 4.78 is 36.9. The van der Waals surface area contributed by atoms with E-state index < -0.39 is 11.6 Å². The van der Waals surface area contributed by atoms with Gasteiger partial charge < -0.3 is 9.47 Å². The number of ether oxygens (including phenoxy) is 2. The lowest BCUT2D eigenvalue weighted by Gasteiger charge is -2.14. The fourth-order valence-corrected chi connectivity index (χ4v) is 2.22. The van der Waals surface area contributed by atoms with E-state index in [1.54, 1.807) is 13.2 Å². The van der Waals surface area contributed by atoms with Crippen LogP contribution in [-0.4, -0.2) is 7.11 Å². The molecule has 2 nitrogen and oxygen atoms in total. The van der Waals surface area contributed by atoms with Crippen molar-refractivity contribution in [3.63, 3.8) is 0 Å². The van der Waals surface area contributed by atoms with E-state index in [-0.39, 0.29) is 6.61 Å². The summed E-state index contributed by atoms with van der Waals surface area (Å²) in [5.41, 5.74) is 1.47. The van der Waals surface area contributed by atoms with Crippen LogP contribution in [0.15, 0.2) is 36.4 Å². The van der Waals surface area contributed by atoms with Crippen LogP contribution < -0.4 is 9.47 Å². The molecule has 2 rings (SSSR count). The van der Waals surface area contributed by atoms with E-state index in [2.05, 4.69) is 15.9 Å². The van der Waals surface area contributed by atoms with Crippen molar-refractivity contribution < 1.29 is 18.3 Å². The maximum atomic E-state index is 13.1. The van der Waals surface area contributed by atoms with Crippen molar-refractivity contribution in [1.29, 1.82) is 0 Å². The van der Waals surface area contributed by atoms with Gasteiger partial charge in [0.2, 0.25) is 0 Å². The highest BCUT2D eigenvalue weighted by molar-refractivity contribution is 9.08. The van der Waals surface area contributed by atoms with Crippen LogP contribution in [0, 0.1) is 11.6 Å². The first-order valence-corrected chi connectivity index (χ1v) is 7.06. The number of halogens is 3. The van der Waals surface area contributed by atoms with Crippen LogP contribution >= 0.6 is 15.9 Å². The zero-order valence-corrected chi connectivity index (χ0v) is 12.4. The van der Waals surface area contributed by atoms with Crippen LogP contribution in [0.5, 0.6) is 11.5 Å². The van der Waals surface area contributed by atoms with Gasteiger partial charge in [0.15, 0.2) is 23.1 Å². The highest BCUT2D eigenvalue weighted by atomic mass is 79.9. The molecule has 0 aliphatic heterocycles. The molecule has 0 aromatic heterocycles. The molecule has 0 saturated heterocycles. The van der Waals surface area contributed by atoms with Gasteiger partial charge in [-0.1, -0.05) is 34.1 Å². The summed E-state index contributed by atoms with van der Waals surface area (Å²) in [5.74, 6) is -0.555. The van der Waals surface area contributed by atoms with Gasteiger partial charge in [0, 0.05) is 10.9 Å². The minimum absolute atomic E-state index is 0.136. The maximum absolute atomic E-state index is 13.1. The molecule has 0 bridgehead atoms. The monoisotopic (exact) mass is 342 g/mol. The molecule has 0 amide bonds. The lowest BCUT2D eigenvalue weighted by atomic mass is 10.2. The molecule has 0 N–H and O–H groups in total. The Kier molecular flexibility index (Phi) is 4.95. The van der Waals surface area contributed by atoms with Gasteiger partial charge in [0.05, 0.1) is 7.11 Å². The Morgan fingerprint density at radius 1 is 1.10 bits per heavy atom. The van der Waals surface area contributed by atoms with E-state index in [9.17, 15) is 8.78 Å². The van der Waals surface area contributed by atoms with E-state index >= 15 is 0 Å². The Morgan fingerprint density at radius 3 is 2.55 bits per heavy atom. The van der Waals surface area contributed by atoms with Crippen molar-refractivity contribution in [2.45, 2.75) is 11.9 Å². The minimum Gasteiger partial charge on any atom is -0.493 e. The quantitative estimate of drug-likeness (QED) is 0.747. The Morgan fingerprint density at radius 2 is 1.90 bits per heavy atom. The number of para-hydroxylation sites is 1. The fraction of sp³-hybridized carbons (Fsp3) is 0.200. The lowest BCUT2D eigenvalue weighted by Crippen LogP contribution is -2.01. The second-order valence-electron chi connectivity index (χ2n) is 4.12. The number of hydrogen-bond donors (Lipinski definition) is 0. The standard InChI is InChI=1S/C15H13BrF2O2/c1-19-14-4-2-3-11(8-16)15(14)20-9-10-5-6-12(17)13(18)7-10/h2-7H,8-9H2,1H3. The topological polar surface area (TPSA) is 18.5 Å². The summed E-state index contributed by atoms with van der Waals surface area (Å²) in [6.45, 7) is 0.136. The Balaban J connectivity index is 2.19. The number of alkyl halides is 1. The van der Waals surface area contributed by atoms with Gasteiger partial charge >= 0.3 is 0 Å². The molecule has 0 saturated carbocycles. The van der Waals surface area contributed by atoms with E-state index in [0.717, 1.165) is 17.7 Å². The van der Waals surface area contributed by atoms with Crippen molar-refractivity contribution in [2.75, 3.05) is 7.11 Å². The van der Waals surface area contributed by atoms with E-state index in [4.69, 9.17) is 9.47 Å². The first kappa shape index (κ1) is 14.8. The zero-order chi connectivity index (χ0) is 14.5. The molecular formula is C15H13BrF2O2. The smallest absolute Gasteiger partial charge is 0.165 e. The van der Waals surface area contributed by atoms with Crippen molar-refractivity contribution >= 4 is 15.9 Å². The summed E-state index contributed by atoms with van der Waals surface area (Å²) in [4.78, 5) is 0. The van der Waals surface area contributed by atoms with Gasteiger partial charge in [0.25, 0.3) is 0 Å². The molecule has 0 heterocycles. The highest BCUT2D eigenvalue weighted by Gasteiger charge is 2.10. The number of hydrogen-bond acceptors (Lipinski definition) is 2. The molecule has 0 aliphatic rings. The van der Waals surface area contributed by atoms with Gasteiger partial charge in [-0.15, -0.1) is 0 Å². The molecule has 0 radical (unpaired) electrons. The molecule has 2 aromatic rings. The highest BCUT2D eigenvalue weighted by Crippen LogP contribution is 2.33. The van der Waals surface area contributed by atoms with Gasteiger partial charge in [0.1, 0.15) is 6.61 Å². The molecule has 0 fully saturated rings. The fourth-order valence-electron chi connectivity index (χ4n) is 1.78. The van der Waals surface area contributed by atoms with E-state index in [0.29, 0.717) is 22.4 Å². The third kappa shape index (κ3) is 3.28. The molecule has 0 spiro atoms. The number of methoxy groups -OCH3 is 1. The minimum atomic E-state index is -0.883. The van der Waals surface area contributed by atoms with Gasteiger partial charge in [-0.05, 0) is 23.8 Å². The Bertz CT molecular complexity index is 580. The molecular weight excluding hydrogens is 330 g/mol. The molecule has 2 aromatic carbocycles. The van der Waals surface area contributed by atoms with Crippen molar-refractivity contribution in [1.82, 2.24) is 0 Å². The molecule has 0 aliphatic carbocycles. The normalized spacial score (nSPS) is 10.4. The summed E-state index contributed by atoms with van der Waals surface area (Å²) in [5, 5.41) is 0.608. The average Bonchev–Trinajstić information content (AvgIpc) is 2.48. The summed E-state index contributed by atoms with van der Waals surface area (Å²) in [6, 6.07) is 9.24. The average molecular weight is 343 g/mol. The maximum Gasteiger partial charge on any atom is 0.165 e. The van der Waals surface area contributed by atoms with Gasteiger partial charge in [-0.3, -0.25) is 0 Å². The van der Waals surface area contributed by atoms with Crippen LogP contribution in [0.2, 0.25) is 0 Å². The molecule has 106 valence electrons. The van der Waals surface area contributed by atoms with Gasteiger partial charge in [-0.2, -0.15) is 0 Å². The molecule has 20 heavy (non-hydrogen) atoms. The van der Waals surface area contributed by atoms with Crippen LogP contribution in [-0.2, 0) is 11.9 Å². The van der Waals surface area contributed by atoms with E-state index in [1.165, 1.54) is 6.07 Å². The number of rotatable bonds is 5. The van der Waals surface area contributed by atoms with Crippen LogP contribution in [0.3, 0.4) is 0 Å². The van der Waals surface area contributed by atoms with Crippen LogP contribution in [0.4, 0.5) is 8.78 Å². The predicted octanol–water partition coefficient (Wildman–Crippen LogP) is 4.45. The Labute approximate surface area is 124 Å². The zero-order valence-electron chi connectivity index (χ0n) is 10.8. The van der Waals surface area contributed by atoms with Crippen molar-refractivity contribution in [2.24, 2.45) is 0 Å². The third-order valence-electron chi connectivity index (χ3n) is 2.79. The van der Waals surface area contributed by atoms with Crippen LogP contribution in [0.25, 0.3) is 0 Å². The third-order valence-corrected chi connectivity index (χ3v) is 3.40. The van der Waals surface area contributed by atoms with Crippen LogP contribution in [0.1, 0.15) is 11.1 Å². The first-order valence-electron chi connectivity index (χ1n) is 5.94. The lowest BCUT2D eigenvalue weighted by molar-refractivity contribution is 0.281. The summed E-state index contributed by atoms with van der Waals surface area (Å²) >= 11 is 3.37. The molecule has 0 atom stereocenters. The summed E-state index contributed by atoms with van der Waals surface area (Å²) in [6.07, 6.45) is 0. The second-order valence-corrected chi connectivity index (χ2v) is 4.68. The SMILES string of the molecule is COc1cccc(CBr)c1OCc1ccc(F)c(F)c1. The van der Waals surface area contributed by atoms with Gasteiger partial charge in [-0.25, -0.2) is 8.78 Å². The largest absolute Gasteiger partial charge is 0.493 e. The number of benzene rings is 2. The first-order chi connectivity index (χ1) is 9.65. The van der Waals surface area contributed by atoms with Crippen molar-refractivity contribution in [3.05, 3.63) is 59.2 Å².